The van der Waals surface area contributed by atoms with Crippen LogP contribution in [0.3, 0.4) is 0 Å². The Hall–Kier alpha value is -3.95. The van der Waals surface area contributed by atoms with Gasteiger partial charge in [-0.15, -0.1) is 0 Å². The molecule has 40 heavy (non-hydrogen) atoms. The minimum atomic E-state index is -0.740. The molecular formula is C30H29ClN4O5. The number of carboxylic acid groups (broad SMARTS) is 1. The van der Waals surface area contributed by atoms with Crippen LogP contribution in [0.4, 0.5) is 0 Å². The Labute approximate surface area is 236 Å². The van der Waals surface area contributed by atoms with E-state index >= 15 is 0 Å². The number of halogens is 1. The molecule has 0 unspecified atom stereocenters. The minimum absolute atomic E-state index is 0.0267. The Morgan fingerprint density at radius 2 is 1.55 bits per heavy atom. The molecule has 2 aromatic heterocycles. The van der Waals surface area contributed by atoms with Gasteiger partial charge in [0, 0.05) is 24.2 Å². The zero-order chi connectivity index (χ0) is 27.6. The van der Waals surface area contributed by atoms with Crippen molar-refractivity contribution in [2.24, 2.45) is 5.92 Å². The van der Waals surface area contributed by atoms with E-state index in [9.17, 15) is 14.7 Å². The van der Waals surface area contributed by atoms with Crippen LogP contribution in [-0.2, 0) is 9.53 Å². The summed E-state index contributed by atoms with van der Waals surface area (Å²) in [5.74, 6) is -1.01. The van der Waals surface area contributed by atoms with Gasteiger partial charge in [-0.2, -0.15) is 4.98 Å². The SMILES string of the molecule is O=C(c1ccc(-c2ccc(-c3nc4nc(O[C@H]5CC[C@H](C(=O)O)CC5)[nH]c4cc3Cl)cc2)cc1)N1CCOCC1. The third-order valence-electron chi connectivity index (χ3n) is 7.63. The molecule has 4 aromatic rings. The average Bonchev–Trinajstić information content (AvgIpc) is 3.38. The number of H-pyrrole nitrogens is 1. The van der Waals surface area contributed by atoms with Crippen LogP contribution in [0.1, 0.15) is 36.0 Å². The monoisotopic (exact) mass is 560 g/mol. The summed E-state index contributed by atoms with van der Waals surface area (Å²) in [4.78, 5) is 38.1. The Balaban J connectivity index is 1.15. The number of morpholine rings is 1. The van der Waals surface area contributed by atoms with Crippen molar-refractivity contribution in [3.63, 3.8) is 0 Å². The number of imidazole rings is 1. The first kappa shape index (κ1) is 26.3. The van der Waals surface area contributed by atoms with Gasteiger partial charge in [0.2, 0.25) is 0 Å². The molecule has 2 aliphatic rings. The largest absolute Gasteiger partial charge is 0.481 e. The van der Waals surface area contributed by atoms with Gasteiger partial charge in [0.15, 0.2) is 5.65 Å². The predicted octanol–water partition coefficient (Wildman–Crippen LogP) is 5.44. The van der Waals surface area contributed by atoms with Crippen molar-refractivity contribution >= 4 is 34.6 Å². The summed E-state index contributed by atoms with van der Waals surface area (Å²) < 4.78 is 11.3. The number of ether oxygens (including phenoxy) is 2. The van der Waals surface area contributed by atoms with Crippen LogP contribution in [0.5, 0.6) is 6.01 Å². The van der Waals surface area contributed by atoms with Gasteiger partial charge in [0.25, 0.3) is 11.9 Å². The molecule has 2 aromatic carbocycles. The molecule has 1 aliphatic heterocycles. The molecule has 1 saturated heterocycles. The van der Waals surface area contributed by atoms with Crippen molar-refractivity contribution in [3.8, 4) is 28.4 Å². The van der Waals surface area contributed by atoms with Crippen LogP contribution in [0.25, 0.3) is 33.5 Å². The zero-order valence-electron chi connectivity index (χ0n) is 21.8. The van der Waals surface area contributed by atoms with E-state index in [2.05, 4.69) is 15.0 Å². The number of hydrogen-bond donors (Lipinski definition) is 2. The van der Waals surface area contributed by atoms with Crippen molar-refractivity contribution in [3.05, 3.63) is 65.2 Å². The first-order valence-electron chi connectivity index (χ1n) is 13.5. The molecule has 2 N–H and O–H groups in total. The lowest BCUT2D eigenvalue weighted by Gasteiger charge is -2.26. The summed E-state index contributed by atoms with van der Waals surface area (Å²) in [5.41, 5.74) is 5.33. The average molecular weight is 561 g/mol. The number of carbonyl (C=O) groups is 2. The smallest absolute Gasteiger partial charge is 0.306 e. The van der Waals surface area contributed by atoms with E-state index in [1.165, 1.54) is 0 Å². The van der Waals surface area contributed by atoms with Gasteiger partial charge in [-0.3, -0.25) is 9.59 Å². The maximum Gasteiger partial charge on any atom is 0.306 e. The Morgan fingerprint density at radius 1 is 0.925 bits per heavy atom. The third kappa shape index (κ3) is 5.52. The van der Waals surface area contributed by atoms with Crippen molar-refractivity contribution in [2.45, 2.75) is 31.8 Å². The highest BCUT2D eigenvalue weighted by Crippen LogP contribution is 2.32. The summed E-state index contributed by atoms with van der Waals surface area (Å²) in [6, 6.07) is 17.7. The number of rotatable bonds is 6. The fourth-order valence-electron chi connectivity index (χ4n) is 5.31. The number of hydrogen-bond acceptors (Lipinski definition) is 6. The number of carboxylic acids is 1. The first-order chi connectivity index (χ1) is 19.4. The highest BCUT2D eigenvalue weighted by Gasteiger charge is 2.27. The number of amides is 1. The molecule has 1 aliphatic carbocycles. The molecule has 0 atom stereocenters. The molecule has 0 spiro atoms. The number of carbonyl (C=O) groups excluding carboxylic acids is 1. The van der Waals surface area contributed by atoms with Crippen molar-refractivity contribution in [1.82, 2.24) is 19.9 Å². The molecule has 9 nitrogen and oxygen atoms in total. The van der Waals surface area contributed by atoms with Gasteiger partial charge in [0.1, 0.15) is 6.10 Å². The van der Waals surface area contributed by atoms with Crippen molar-refractivity contribution in [2.75, 3.05) is 26.3 Å². The number of benzene rings is 2. The van der Waals surface area contributed by atoms with E-state index in [1.807, 2.05) is 53.4 Å². The van der Waals surface area contributed by atoms with Crippen LogP contribution in [-0.4, -0.2) is 69.2 Å². The van der Waals surface area contributed by atoms with Crippen molar-refractivity contribution in [1.29, 1.82) is 0 Å². The topological polar surface area (TPSA) is 118 Å². The van der Waals surface area contributed by atoms with E-state index < -0.39 is 5.97 Å². The van der Waals surface area contributed by atoms with Gasteiger partial charge in [-0.25, -0.2) is 4.98 Å². The van der Waals surface area contributed by atoms with Crippen LogP contribution in [0.2, 0.25) is 5.02 Å². The second-order valence-corrected chi connectivity index (χ2v) is 10.6. The van der Waals surface area contributed by atoms with Gasteiger partial charge in [-0.1, -0.05) is 48.0 Å². The molecular weight excluding hydrogens is 532 g/mol. The normalized spacial score (nSPS) is 19.5. The van der Waals surface area contributed by atoms with Crippen LogP contribution in [0, 0.1) is 5.92 Å². The first-order valence-corrected chi connectivity index (χ1v) is 13.9. The second-order valence-electron chi connectivity index (χ2n) is 10.2. The third-order valence-corrected chi connectivity index (χ3v) is 7.92. The van der Waals surface area contributed by atoms with Crippen LogP contribution in [0.15, 0.2) is 54.6 Å². The second kappa shape index (κ2) is 11.3. The van der Waals surface area contributed by atoms with E-state index in [1.54, 1.807) is 6.07 Å². The lowest BCUT2D eigenvalue weighted by atomic mass is 9.87. The van der Waals surface area contributed by atoms with Gasteiger partial charge >= 0.3 is 5.97 Å². The zero-order valence-corrected chi connectivity index (χ0v) is 22.6. The number of nitrogens with one attached hydrogen (secondary N) is 1. The lowest BCUT2D eigenvalue weighted by molar-refractivity contribution is -0.143. The number of fused-ring (bicyclic) bond motifs is 1. The van der Waals surface area contributed by atoms with Crippen LogP contribution >= 0.6 is 11.6 Å². The molecule has 10 heteroatoms. The summed E-state index contributed by atoms with van der Waals surface area (Å²) in [6.45, 7) is 2.39. The molecule has 2 fully saturated rings. The van der Waals surface area contributed by atoms with Gasteiger partial charge in [0.05, 0.1) is 35.4 Å². The van der Waals surface area contributed by atoms with Gasteiger partial charge in [-0.05, 0) is 55.0 Å². The fraction of sp³-hybridized carbons (Fsp3) is 0.333. The molecule has 1 amide bonds. The summed E-state index contributed by atoms with van der Waals surface area (Å²) in [5, 5.41) is 9.69. The molecule has 0 bridgehead atoms. The summed E-state index contributed by atoms with van der Waals surface area (Å²) >= 11 is 6.60. The maximum absolute atomic E-state index is 12.7. The number of aromatic nitrogens is 3. The standard InChI is InChI=1S/C30H29ClN4O5/c31-24-17-25-27(34-30(32-25)40-23-11-9-22(10-12-23)29(37)38)33-26(24)20-5-1-18(2-6-20)19-3-7-21(8-4-19)28(36)35-13-15-39-16-14-35/h1-8,17,22-23H,9-16H2,(H,37,38)(H,32,33,34)/t22-,23-. The number of aliphatic carboxylic acids is 1. The fourth-order valence-corrected chi connectivity index (χ4v) is 5.57. The minimum Gasteiger partial charge on any atom is -0.481 e. The molecule has 1 saturated carbocycles. The highest BCUT2D eigenvalue weighted by atomic mass is 35.5. The molecule has 6 rings (SSSR count). The number of aromatic amines is 1. The van der Waals surface area contributed by atoms with E-state index in [0.717, 1.165) is 16.7 Å². The van der Waals surface area contributed by atoms with Crippen molar-refractivity contribution < 1.29 is 24.2 Å². The molecule has 3 heterocycles. The van der Waals surface area contributed by atoms with E-state index in [0.29, 0.717) is 85.4 Å². The molecule has 0 radical (unpaired) electrons. The van der Waals surface area contributed by atoms with E-state index in [4.69, 9.17) is 21.1 Å². The lowest BCUT2D eigenvalue weighted by Crippen LogP contribution is -2.40. The quantitative estimate of drug-likeness (QED) is 0.322. The Bertz CT molecular complexity index is 1520. The maximum atomic E-state index is 12.7. The number of pyridine rings is 1. The summed E-state index contributed by atoms with van der Waals surface area (Å²) in [6.07, 6.45) is 2.46. The van der Waals surface area contributed by atoms with Gasteiger partial charge < -0.3 is 24.5 Å². The Morgan fingerprint density at radius 3 is 2.20 bits per heavy atom. The van der Waals surface area contributed by atoms with E-state index in [-0.39, 0.29) is 17.9 Å². The highest BCUT2D eigenvalue weighted by molar-refractivity contribution is 6.33. The predicted molar refractivity (Wildman–Crippen MR) is 151 cm³/mol. The summed E-state index contributed by atoms with van der Waals surface area (Å²) in [7, 11) is 0. The van der Waals surface area contributed by atoms with Crippen LogP contribution < -0.4 is 4.74 Å². The number of nitrogens with zero attached hydrogens (tertiary/aromatic N) is 3. The Kier molecular flexibility index (Phi) is 7.40. The molecule has 206 valence electrons.